The van der Waals surface area contributed by atoms with Gasteiger partial charge in [-0.05, 0) is 47.0 Å². The van der Waals surface area contributed by atoms with Crippen LogP contribution >= 0.6 is 15.9 Å². The molecule has 1 heterocycles. The minimum Gasteiger partial charge on any atom is -0.350 e. The summed E-state index contributed by atoms with van der Waals surface area (Å²) in [5.41, 5.74) is 2.83. The van der Waals surface area contributed by atoms with Gasteiger partial charge in [-0.15, -0.1) is 0 Å². The fourth-order valence-corrected chi connectivity index (χ4v) is 2.24. The first-order valence-electron chi connectivity index (χ1n) is 6.10. The van der Waals surface area contributed by atoms with Crippen LogP contribution in [-0.2, 0) is 6.54 Å². The maximum atomic E-state index is 12.0. The molecular formula is C14H16BrN3O. The van der Waals surface area contributed by atoms with E-state index in [4.69, 9.17) is 0 Å². The molecule has 0 radical (unpaired) electrons. The molecule has 2 aromatic rings. The van der Waals surface area contributed by atoms with Gasteiger partial charge >= 0.3 is 0 Å². The summed E-state index contributed by atoms with van der Waals surface area (Å²) in [4.78, 5) is 12.0. The first kappa shape index (κ1) is 13.8. The van der Waals surface area contributed by atoms with Crippen molar-refractivity contribution in [1.29, 1.82) is 0 Å². The van der Waals surface area contributed by atoms with E-state index in [0.29, 0.717) is 18.7 Å². The van der Waals surface area contributed by atoms with Crippen LogP contribution in [0.25, 0.3) is 0 Å². The highest BCUT2D eigenvalue weighted by atomic mass is 79.9. The third-order valence-electron chi connectivity index (χ3n) is 2.83. The molecule has 1 aromatic heterocycles. The number of nitrogens with zero attached hydrogens (tertiary/aromatic N) is 2. The molecule has 19 heavy (non-hydrogen) atoms. The van der Waals surface area contributed by atoms with Crippen molar-refractivity contribution in [3.05, 3.63) is 51.8 Å². The second-order valence-corrected chi connectivity index (χ2v) is 5.27. The average molecular weight is 322 g/mol. The standard InChI is InChI=1S/C14H16BrN3O/c1-10-8-17-18(9-10)7-6-16-14(19)12-5-3-4-11(2)13(12)15/h3-5,8-9H,6-7H2,1-2H3,(H,16,19). The third-order valence-corrected chi connectivity index (χ3v) is 3.88. The summed E-state index contributed by atoms with van der Waals surface area (Å²) in [6, 6.07) is 5.66. The monoisotopic (exact) mass is 321 g/mol. The summed E-state index contributed by atoms with van der Waals surface area (Å²) in [6.45, 7) is 5.18. The van der Waals surface area contributed by atoms with Crippen molar-refractivity contribution in [2.75, 3.05) is 6.54 Å². The highest BCUT2D eigenvalue weighted by Gasteiger charge is 2.10. The van der Waals surface area contributed by atoms with Crippen LogP contribution in [0.15, 0.2) is 35.1 Å². The van der Waals surface area contributed by atoms with Crippen molar-refractivity contribution in [1.82, 2.24) is 15.1 Å². The van der Waals surface area contributed by atoms with Gasteiger partial charge in [0.15, 0.2) is 0 Å². The topological polar surface area (TPSA) is 46.9 Å². The zero-order valence-electron chi connectivity index (χ0n) is 11.0. The largest absolute Gasteiger partial charge is 0.350 e. The molecule has 0 spiro atoms. The van der Waals surface area contributed by atoms with Gasteiger partial charge < -0.3 is 5.32 Å². The SMILES string of the molecule is Cc1cnn(CCNC(=O)c2cccc(C)c2Br)c1. The Bertz CT molecular complexity index is 592. The average Bonchev–Trinajstić information content (AvgIpc) is 2.78. The number of hydrogen-bond acceptors (Lipinski definition) is 2. The smallest absolute Gasteiger partial charge is 0.252 e. The third kappa shape index (κ3) is 3.44. The van der Waals surface area contributed by atoms with Gasteiger partial charge in [0.2, 0.25) is 0 Å². The Hall–Kier alpha value is -1.62. The summed E-state index contributed by atoms with van der Waals surface area (Å²) in [7, 11) is 0. The number of halogens is 1. The number of carbonyl (C=O) groups is 1. The lowest BCUT2D eigenvalue weighted by Gasteiger charge is -2.08. The van der Waals surface area contributed by atoms with Crippen LogP contribution < -0.4 is 5.32 Å². The van der Waals surface area contributed by atoms with Crippen LogP contribution in [0.1, 0.15) is 21.5 Å². The maximum absolute atomic E-state index is 12.0. The lowest BCUT2D eigenvalue weighted by atomic mass is 10.1. The first-order chi connectivity index (χ1) is 9.08. The van der Waals surface area contributed by atoms with Crippen molar-refractivity contribution in [3.8, 4) is 0 Å². The molecule has 1 aromatic carbocycles. The number of benzene rings is 1. The molecule has 0 aliphatic carbocycles. The fourth-order valence-electron chi connectivity index (χ4n) is 1.79. The molecule has 0 aliphatic heterocycles. The van der Waals surface area contributed by atoms with E-state index in [9.17, 15) is 4.79 Å². The Morgan fingerprint density at radius 3 is 2.89 bits per heavy atom. The van der Waals surface area contributed by atoms with Gasteiger partial charge in [0.05, 0.1) is 18.3 Å². The molecule has 0 unspecified atom stereocenters. The first-order valence-corrected chi connectivity index (χ1v) is 6.89. The van der Waals surface area contributed by atoms with Crippen LogP contribution in [0, 0.1) is 13.8 Å². The van der Waals surface area contributed by atoms with E-state index in [2.05, 4.69) is 26.3 Å². The lowest BCUT2D eigenvalue weighted by molar-refractivity contribution is 0.0951. The lowest BCUT2D eigenvalue weighted by Crippen LogP contribution is -2.27. The second kappa shape index (κ2) is 6.02. The van der Waals surface area contributed by atoms with Gasteiger partial charge in [0, 0.05) is 17.2 Å². The van der Waals surface area contributed by atoms with E-state index < -0.39 is 0 Å². The molecular weight excluding hydrogens is 306 g/mol. The number of carbonyl (C=O) groups excluding carboxylic acids is 1. The van der Waals surface area contributed by atoms with Crippen molar-refractivity contribution < 1.29 is 4.79 Å². The van der Waals surface area contributed by atoms with Crippen LogP contribution in [-0.4, -0.2) is 22.2 Å². The molecule has 0 saturated heterocycles. The summed E-state index contributed by atoms with van der Waals surface area (Å²) >= 11 is 3.44. The number of rotatable bonds is 4. The maximum Gasteiger partial charge on any atom is 0.252 e. The van der Waals surface area contributed by atoms with Gasteiger partial charge in [-0.25, -0.2) is 0 Å². The Morgan fingerprint density at radius 1 is 1.42 bits per heavy atom. The quantitative estimate of drug-likeness (QED) is 0.941. The minimum atomic E-state index is -0.0700. The molecule has 0 fully saturated rings. The molecule has 0 aliphatic rings. The highest BCUT2D eigenvalue weighted by molar-refractivity contribution is 9.10. The van der Waals surface area contributed by atoms with Crippen LogP contribution in [0.4, 0.5) is 0 Å². The van der Waals surface area contributed by atoms with Gasteiger partial charge in [0.1, 0.15) is 0 Å². The summed E-state index contributed by atoms with van der Waals surface area (Å²) < 4.78 is 2.67. The van der Waals surface area contributed by atoms with E-state index in [1.54, 1.807) is 6.20 Å². The number of aromatic nitrogens is 2. The summed E-state index contributed by atoms with van der Waals surface area (Å²) in [6.07, 6.45) is 3.76. The van der Waals surface area contributed by atoms with Gasteiger partial charge in [-0.3, -0.25) is 9.48 Å². The van der Waals surface area contributed by atoms with Crippen molar-refractivity contribution in [2.45, 2.75) is 20.4 Å². The normalized spacial score (nSPS) is 10.5. The molecule has 1 amide bonds. The minimum absolute atomic E-state index is 0.0700. The van der Waals surface area contributed by atoms with Crippen molar-refractivity contribution in [3.63, 3.8) is 0 Å². The van der Waals surface area contributed by atoms with E-state index >= 15 is 0 Å². The predicted octanol–water partition coefficient (Wildman–Crippen LogP) is 2.69. The van der Waals surface area contributed by atoms with E-state index in [1.165, 1.54) is 0 Å². The summed E-state index contributed by atoms with van der Waals surface area (Å²) in [5.74, 6) is -0.0700. The molecule has 0 bridgehead atoms. The number of aryl methyl sites for hydroxylation is 2. The van der Waals surface area contributed by atoms with Crippen molar-refractivity contribution >= 4 is 21.8 Å². The number of nitrogens with one attached hydrogen (secondary N) is 1. The molecule has 4 nitrogen and oxygen atoms in total. The second-order valence-electron chi connectivity index (χ2n) is 4.47. The predicted molar refractivity (Wildman–Crippen MR) is 78.2 cm³/mol. The van der Waals surface area contributed by atoms with Gasteiger partial charge in [-0.1, -0.05) is 12.1 Å². The molecule has 2 rings (SSSR count). The van der Waals surface area contributed by atoms with E-state index in [-0.39, 0.29) is 5.91 Å². The number of amides is 1. The van der Waals surface area contributed by atoms with E-state index in [0.717, 1.165) is 15.6 Å². The Labute approximate surface area is 120 Å². The molecule has 0 atom stereocenters. The molecule has 1 N–H and O–H groups in total. The zero-order chi connectivity index (χ0) is 13.8. The molecule has 5 heteroatoms. The fraction of sp³-hybridized carbons (Fsp3) is 0.286. The Morgan fingerprint density at radius 2 is 2.21 bits per heavy atom. The van der Waals surface area contributed by atoms with Gasteiger partial charge in [-0.2, -0.15) is 5.10 Å². The van der Waals surface area contributed by atoms with Crippen LogP contribution in [0.5, 0.6) is 0 Å². The van der Waals surface area contributed by atoms with Crippen LogP contribution in [0.3, 0.4) is 0 Å². The van der Waals surface area contributed by atoms with E-state index in [1.807, 2.05) is 42.9 Å². The molecule has 100 valence electrons. The Balaban J connectivity index is 1.93. The summed E-state index contributed by atoms with van der Waals surface area (Å²) in [5, 5.41) is 7.07. The Kier molecular flexibility index (Phi) is 4.37. The number of hydrogen-bond donors (Lipinski definition) is 1. The zero-order valence-corrected chi connectivity index (χ0v) is 12.6. The van der Waals surface area contributed by atoms with Crippen LogP contribution in [0.2, 0.25) is 0 Å². The molecule has 0 saturated carbocycles. The van der Waals surface area contributed by atoms with Crippen molar-refractivity contribution in [2.24, 2.45) is 0 Å². The highest BCUT2D eigenvalue weighted by Crippen LogP contribution is 2.20. The van der Waals surface area contributed by atoms with Gasteiger partial charge in [0.25, 0.3) is 5.91 Å².